The molecule has 0 spiro atoms. The van der Waals surface area contributed by atoms with Crippen molar-refractivity contribution in [3.63, 3.8) is 0 Å². The molecule has 1 aromatic heterocycles. The van der Waals surface area contributed by atoms with E-state index in [0.29, 0.717) is 5.52 Å². The summed E-state index contributed by atoms with van der Waals surface area (Å²) in [5.74, 6) is -0.243. The Morgan fingerprint density at radius 2 is 1.73 bits per heavy atom. The molecule has 0 fully saturated rings. The Morgan fingerprint density at radius 3 is 2.50 bits per heavy atom. The van der Waals surface area contributed by atoms with E-state index >= 15 is 0 Å². The molecule has 0 radical (unpaired) electrons. The van der Waals surface area contributed by atoms with Crippen molar-refractivity contribution in [2.45, 2.75) is 11.4 Å². The molecule has 7 nitrogen and oxygen atoms in total. The van der Waals surface area contributed by atoms with Crippen molar-refractivity contribution in [2.75, 3.05) is 5.32 Å². The van der Waals surface area contributed by atoms with Crippen LogP contribution in [0.5, 0.6) is 0 Å². The van der Waals surface area contributed by atoms with Gasteiger partial charge in [-0.3, -0.25) is 10.1 Å². The third-order valence-corrected chi connectivity index (χ3v) is 6.30. The number of carbonyl (C=O) groups excluding carboxylic acids is 1. The minimum absolute atomic E-state index is 0.0239. The van der Waals surface area contributed by atoms with Crippen molar-refractivity contribution in [3.05, 3.63) is 88.9 Å². The molecule has 152 valence electrons. The van der Waals surface area contributed by atoms with Gasteiger partial charge in [0.15, 0.2) is 0 Å². The number of imidazole rings is 1. The summed E-state index contributed by atoms with van der Waals surface area (Å²) < 4.78 is 28.0. The Kier molecular flexibility index (Phi) is 5.54. The van der Waals surface area contributed by atoms with Crippen LogP contribution in [-0.4, -0.2) is 24.3 Å². The fraction of sp³-hybridized carbons (Fsp3) is 0.0476. The van der Waals surface area contributed by atoms with Crippen molar-refractivity contribution in [2.24, 2.45) is 0 Å². The largest absolute Gasteiger partial charge is 0.324 e. The summed E-state index contributed by atoms with van der Waals surface area (Å²) in [4.78, 5) is 19.7. The number of benzene rings is 3. The Bertz CT molecular complexity index is 1290. The number of sulfonamides is 1. The van der Waals surface area contributed by atoms with Gasteiger partial charge in [-0.15, -0.1) is 0 Å². The zero-order valence-corrected chi connectivity index (χ0v) is 17.2. The molecule has 0 unspecified atom stereocenters. The fourth-order valence-electron chi connectivity index (χ4n) is 2.89. The first-order valence-electron chi connectivity index (χ1n) is 9.02. The number of fused-ring (bicyclic) bond motifs is 1. The van der Waals surface area contributed by atoms with Crippen LogP contribution in [0.2, 0.25) is 5.02 Å². The zero-order chi connectivity index (χ0) is 21.1. The SMILES string of the molecule is O=C(Nc1nc2ccccc2[nH]1)c1ccc(Cl)c(S(=O)(=O)NCc2ccccc2)c1. The molecule has 1 heterocycles. The van der Waals surface area contributed by atoms with Gasteiger partial charge in [0.1, 0.15) is 4.90 Å². The van der Waals surface area contributed by atoms with Crippen molar-refractivity contribution in [1.29, 1.82) is 0 Å². The second kappa shape index (κ2) is 8.27. The second-order valence-corrected chi connectivity index (χ2v) is 8.65. The highest BCUT2D eigenvalue weighted by molar-refractivity contribution is 7.89. The maximum atomic E-state index is 12.7. The average Bonchev–Trinajstić information content (AvgIpc) is 3.15. The summed E-state index contributed by atoms with van der Waals surface area (Å²) in [6.45, 7) is 0.106. The summed E-state index contributed by atoms with van der Waals surface area (Å²) in [6.07, 6.45) is 0. The van der Waals surface area contributed by atoms with Gasteiger partial charge >= 0.3 is 0 Å². The third kappa shape index (κ3) is 4.35. The average molecular weight is 441 g/mol. The van der Waals surface area contributed by atoms with Crippen molar-refractivity contribution < 1.29 is 13.2 Å². The molecule has 0 saturated heterocycles. The van der Waals surface area contributed by atoms with Crippen molar-refractivity contribution in [1.82, 2.24) is 14.7 Å². The Morgan fingerprint density at radius 1 is 1.00 bits per heavy atom. The van der Waals surface area contributed by atoms with Gasteiger partial charge in [0.25, 0.3) is 5.91 Å². The summed E-state index contributed by atoms with van der Waals surface area (Å²) in [7, 11) is -3.92. The smallest absolute Gasteiger partial charge is 0.258 e. The third-order valence-electron chi connectivity index (χ3n) is 4.41. The van der Waals surface area contributed by atoms with Crippen LogP contribution in [0.4, 0.5) is 5.95 Å². The van der Waals surface area contributed by atoms with Crippen LogP contribution in [0.1, 0.15) is 15.9 Å². The Hall–Kier alpha value is -3.20. The monoisotopic (exact) mass is 440 g/mol. The summed E-state index contributed by atoms with van der Waals surface area (Å²) >= 11 is 6.11. The van der Waals surface area contributed by atoms with Gasteiger partial charge in [-0.1, -0.05) is 54.1 Å². The molecule has 4 aromatic rings. The summed E-state index contributed by atoms with van der Waals surface area (Å²) in [5, 5.41) is 2.66. The molecule has 9 heteroatoms. The van der Waals surface area contributed by atoms with Gasteiger partial charge in [0, 0.05) is 12.1 Å². The molecule has 0 atom stereocenters. The number of amides is 1. The first-order chi connectivity index (χ1) is 14.4. The molecule has 0 aliphatic rings. The molecule has 0 saturated carbocycles. The molecule has 3 aromatic carbocycles. The number of H-pyrrole nitrogens is 1. The van der Waals surface area contributed by atoms with Gasteiger partial charge in [-0.2, -0.15) is 0 Å². The van der Waals surface area contributed by atoms with Crippen LogP contribution in [-0.2, 0) is 16.6 Å². The standard InChI is InChI=1S/C21H17ClN4O3S/c22-16-11-10-15(20(27)26-21-24-17-8-4-5-9-18(17)25-21)12-19(16)30(28,29)23-13-14-6-2-1-3-7-14/h1-12,23H,13H2,(H2,24,25,26,27). The van der Waals surface area contributed by atoms with Crippen molar-refractivity contribution >= 4 is 44.5 Å². The number of rotatable bonds is 6. The van der Waals surface area contributed by atoms with Gasteiger partial charge in [0.05, 0.1) is 16.1 Å². The highest BCUT2D eigenvalue weighted by Gasteiger charge is 2.20. The lowest BCUT2D eigenvalue weighted by atomic mass is 10.2. The normalized spacial score (nSPS) is 11.5. The highest BCUT2D eigenvalue weighted by atomic mass is 35.5. The topological polar surface area (TPSA) is 104 Å². The maximum absolute atomic E-state index is 12.7. The van der Waals surface area contributed by atoms with E-state index in [1.165, 1.54) is 18.2 Å². The number of carbonyl (C=O) groups is 1. The van der Waals surface area contributed by atoms with Crippen LogP contribution in [0, 0.1) is 0 Å². The van der Waals surface area contributed by atoms with E-state index < -0.39 is 15.9 Å². The van der Waals surface area contributed by atoms with Crippen molar-refractivity contribution in [3.8, 4) is 0 Å². The summed E-state index contributed by atoms with van der Waals surface area (Å²) in [6, 6.07) is 20.5. The van der Waals surface area contributed by atoms with E-state index in [1.807, 2.05) is 42.5 Å². The van der Waals surface area contributed by atoms with E-state index in [0.717, 1.165) is 11.1 Å². The fourth-order valence-corrected chi connectivity index (χ4v) is 4.44. The molecule has 3 N–H and O–H groups in total. The van der Waals surface area contributed by atoms with Gasteiger partial charge in [-0.25, -0.2) is 18.1 Å². The van der Waals surface area contributed by atoms with Gasteiger partial charge in [0.2, 0.25) is 16.0 Å². The lowest BCUT2D eigenvalue weighted by Gasteiger charge is -2.10. The first kappa shape index (κ1) is 20.1. The number of aromatic nitrogens is 2. The Labute approximate surface area is 178 Å². The second-order valence-electron chi connectivity index (χ2n) is 6.51. The van der Waals surface area contributed by atoms with Crippen LogP contribution < -0.4 is 10.0 Å². The van der Waals surface area contributed by atoms with Crippen LogP contribution in [0.25, 0.3) is 11.0 Å². The number of hydrogen-bond acceptors (Lipinski definition) is 4. The number of para-hydroxylation sites is 2. The number of halogens is 1. The lowest BCUT2D eigenvalue weighted by molar-refractivity contribution is 0.102. The number of nitrogens with one attached hydrogen (secondary N) is 3. The quantitative estimate of drug-likeness (QED) is 0.422. The van der Waals surface area contributed by atoms with Gasteiger partial charge < -0.3 is 4.98 Å². The minimum atomic E-state index is -3.92. The first-order valence-corrected chi connectivity index (χ1v) is 10.9. The molecular formula is C21H17ClN4O3S. The molecule has 30 heavy (non-hydrogen) atoms. The number of hydrogen-bond donors (Lipinski definition) is 3. The molecule has 0 aliphatic carbocycles. The van der Waals surface area contributed by atoms with E-state index in [-0.39, 0.29) is 28.0 Å². The highest BCUT2D eigenvalue weighted by Crippen LogP contribution is 2.23. The predicted octanol–water partition coefficient (Wildman–Crippen LogP) is 3.95. The number of aromatic amines is 1. The van der Waals surface area contributed by atoms with E-state index in [2.05, 4.69) is 20.0 Å². The maximum Gasteiger partial charge on any atom is 0.258 e. The molecule has 0 bridgehead atoms. The number of nitrogens with zero attached hydrogens (tertiary/aromatic N) is 1. The van der Waals surface area contributed by atoms with Crippen LogP contribution in [0.15, 0.2) is 77.7 Å². The molecule has 0 aliphatic heterocycles. The van der Waals surface area contributed by atoms with Gasteiger partial charge in [-0.05, 0) is 35.9 Å². The molecular weight excluding hydrogens is 424 g/mol. The Balaban J connectivity index is 1.55. The molecule has 4 rings (SSSR count). The lowest BCUT2D eigenvalue weighted by Crippen LogP contribution is -2.24. The van der Waals surface area contributed by atoms with Crippen LogP contribution in [0.3, 0.4) is 0 Å². The minimum Gasteiger partial charge on any atom is -0.324 e. The van der Waals surface area contributed by atoms with E-state index in [4.69, 9.17) is 11.6 Å². The van der Waals surface area contributed by atoms with Crippen LogP contribution >= 0.6 is 11.6 Å². The summed E-state index contributed by atoms with van der Waals surface area (Å²) in [5.41, 5.74) is 2.42. The molecule has 1 amide bonds. The van der Waals surface area contributed by atoms with E-state index in [9.17, 15) is 13.2 Å². The predicted molar refractivity (Wildman–Crippen MR) is 116 cm³/mol. The van der Waals surface area contributed by atoms with E-state index in [1.54, 1.807) is 12.1 Å². The number of anilines is 1. The zero-order valence-electron chi connectivity index (χ0n) is 15.6.